The number of nitrogens with two attached hydrogens (primary N) is 1. The number of rotatable bonds is 5. The lowest BCUT2D eigenvalue weighted by molar-refractivity contribution is -0.120. The van der Waals surface area contributed by atoms with E-state index in [1.54, 1.807) is 0 Å². The van der Waals surface area contributed by atoms with E-state index < -0.39 is 0 Å². The normalized spacial score (nSPS) is 14.1. The van der Waals surface area contributed by atoms with E-state index >= 15 is 0 Å². The van der Waals surface area contributed by atoms with Crippen molar-refractivity contribution in [3.8, 4) is 0 Å². The van der Waals surface area contributed by atoms with Crippen LogP contribution in [0.3, 0.4) is 0 Å². The zero-order valence-corrected chi connectivity index (χ0v) is 12.3. The predicted molar refractivity (Wildman–Crippen MR) is 76.1 cm³/mol. The van der Waals surface area contributed by atoms with Crippen molar-refractivity contribution in [1.82, 2.24) is 5.32 Å². The van der Waals surface area contributed by atoms with E-state index in [2.05, 4.69) is 21.2 Å². The monoisotopic (exact) mass is 316 g/mol. The first-order valence-corrected chi connectivity index (χ1v) is 7.13. The zero-order chi connectivity index (χ0) is 12.8. The average Bonchev–Trinajstić information content (AvgIpc) is 2.31. The molecule has 0 saturated carbocycles. The fourth-order valence-corrected chi connectivity index (χ4v) is 2.33. The summed E-state index contributed by atoms with van der Waals surface area (Å²) in [5.74, 6) is 0.0240. The standard InChI is InChI=1S/C12H17BrN2OS/c1-8(7-14)15-12(16)9(2)17-11-5-3-10(13)4-6-11/h3-6,8-9H,7,14H2,1-2H3,(H,15,16)/t8-,9?/m0/s1. The van der Waals surface area contributed by atoms with Crippen molar-refractivity contribution in [1.29, 1.82) is 0 Å². The second kappa shape index (κ2) is 7.03. The molecule has 0 spiro atoms. The number of amides is 1. The van der Waals surface area contributed by atoms with E-state index in [1.807, 2.05) is 38.1 Å². The number of carbonyl (C=O) groups is 1. The summed E-state index contributed by atoms with van der Waals surface area (Å²) in [5, 5.41) is 2.75. The molecule has 1 aromatic rings. The molecule has 0 heterocycles. The van der Waals surface area contributed by atoms with Gasteiger partial charge in [0.05, 0.1) is 5.25 Å². The van der Waals surface area contributed by atoms with Gasteiger partial charge in [-0.2, -0.15) is 0 Å². The lowest BCUT2D eigenvalue weighted by Crippen LogP contribution is -2.41. The highest BCUT2D eigenvalue weighted by atomic mass is 79.9. The second-order valence-electron chi connectivity index (χ2n) is 3.86. The second-order valence-corrected chi connectivity index (χ2v) is 6.19. The minimum Gasteiger partial charge on any atom is -0.351 e. The fourth-order valence-electron chi connectivity index (χ4n) is 1.19. The smallest absolute Gasteiger partial charge is 0.233 e. The largest absolute Gasteiger partial charge is 0.351 e. The molecule has 0 aliphatic carbocycles. The van der Waals surface area contributed by atoms with Gasteiger partial charge in [-0.1, -0.05) is 15.9 Å². The molecule has 94 valence electrons. The Kier molecular flexibility index (Phi) is 6.02. The number of benzene rings is 1. The topological polar surface area (TPSA) is 55.1 Å². The maximum atomic E-state index is 11.8. The maximum Gasteiger partial charge on any atom is 0.233 e. The lowest BCUT2D eigenvalue weighted by Gasteiger charge is -2.15. The summed E-state index contributed by atoms with van der Waals surface area (Å²) in [6.45, 7) is 4.25. The molecule has 3 N–H and O–H groups in total. The van der Waals surface area contributed by atoms with Gasteiger partial charge in [0.15, 0.2) is 0 Å². The fraction of sp³-hybridized carbons (Fsp3) is 0.417. The van der Waals surface area contributed by atoms with Gasteiger partial charge in [0.2, 0.25) is 5.91 Å². The Morgan fingerprint density at radius 1 is 1.41 bits per heavy atom. The summed E-state index contributed by atoms with van der Waals surface area (Å²) in [5.41, 5.74) is 5.46. The van der Waals surface area contributed by atoms with Crippen molar-refractivity contribution in [3.05, 3.63) is 28.7 Å². The summed E-state index contributed by atoms with van der Waals surface area (Å²) >= 11 is 4.92. The SMILES string of the molecule is CC(Sc1ccc(Br)cc1)C(=O)N[C@@H](C)CN. The molecule has 3 nitrogen and oxygen atoms in total. The maximum absolute atomic E-state index is 11.8. The predicted octanol–water partition coefficient (Wildman–Crippen LogP) is 2.39. The Morgan fingerprint density at radius 2 is 2.00 bits per heavy atom. The summed E-state index contributed by atoms with van der Waals surface area (Å²) in [6.07, 6.45) is 0. The quantitative estimate of drug-likeness (QED) is 0.820. The van der Waals surface area contributed by atoms with Crippen LogP contribution < -0.4 is 11.1 Å². The highest BCUT2D eigenvalue weighted by Crippen LogP contribution is 2.24. The molecule has 0 aliphatic heterocycles. The lowest BCUT2D eigenvalue weighted by atomic mass is 10.3. The summed E-state index contributed by atoms with van der Waals surface area (Å²) in [6, 6.07) is 7.94. The number of carbonyl (C=O) groups excluding carboxylic acids is 1. The van der Waals surface area contributed by atoms with Crippen LogP contribution in [-0.4, -0.2) is 23.7 Å². The van der Waals surface area contributed by atoms with Crippen molar-refractivity contribution in [2.75, 3.05) is 6.54 Å². The summed E-state index contributed by atoms with van der Waals surface area (Å²) < 4.78 is 1.04. The van der Waals surface area contributed by atoms with E-state index in [1.165, 1.54) is 11.8 Å². The molecule has 1 amide bonds. The van der Waals surface area contributed by atoms with Gasteiger partial charge in [-0.05, 0) is 38.1 Å². The van der Waals surface area contributed by atoms with Gasteiger partial charge in [0.1, 0.15) is 0 Å². The molecular weight excluding hydrogens is 300 g/mol. The third-order valence-corrected chi connectivity index (χ3v) is 3.88. The van der Waals surface area contributed by atoms with Gasteiger partial charge in [0.25, 0.3) is 0 Å². The molecule has 5 heteroatoms. The van der Waals surface area contributed by atoms with Crippen molar-refractivity contribution >= 4 is 33.6 Å². The summed E-state index contributed by atoms with van der Waals surface area (Å²) in [7, 11) is 0. The van der Waals surface area contributed by atoms with Gasteiger partial charge in [-0.3, -0.25) is 4.79 Å². The van der Waals surface area contributed by atoms with Crippen molar-refractivity contribution in [2.24, 2.45) is 5.73 Å². The molecule has 0 aliphatic rings. The Morgan fingerprint density at radius 3 is 2.53 bits per heavy atom. The van der Waals surface area contributed by atoms with Gasteiger partial charge >= 0.3 is 0 Å². The van der Waals surface area contributed by atoms with Crippen LogP contribution in [0.1, 0.15) is 13.8 Å². The Bertz CT molecular complexity index is 369. The number of halogens is 1. The first-order valence-electron chi connectivity index (χ1n) is 5.45. The van der Waals surface area contributed by atoms with Crippen LogP contribution in [0.15, 0.2) is 33.6 Å². The Hall–Kier alpha value is -0.520. The van der Waals surface area contributed by atoms with Crippen molar-refractivity contribution in [2.45, 2.75) is 30.0 Å². The van der Waals surface area contributed by atoms with Crippen LogP contribution in [0.4, 0.5) is 0 Å². The minimum atomic E-state index is -0.120. The third-order valence-electron chi connectivity index (χ3n) is 2.24. The number of hydrogen-bond acceptors (Lipinski definition) is 3. The van der Waals surface area contributed by atoms with E-state index in [-0.39, 0.29) is 17.2 Å². The van der Waals surface area contributed by atoms with Gasteiger partial charge in [-0.25, -0.2) is 0 Å². The van der Waals surface area contributed by atoms with Crippen LogP contribution in [0, 0.1) is 0 Å². The van der Waals surface area contributed by atoms with Crippen molar-refractivity contribution < 1.29 is 4.79 Å². The molecule has 1 unspecified atom stereocenters. The molecule has 1 aromatic carbocycles. The zero-order valence-electron chi connectivity index (χ0n) is 9.94. The minimum absolute atomic E-state index is 0.0236. The molecular formula is C12H17BrN2OS. The molecule has 0 radical (unpaired) electrons. The Labute approximate surface area is 115 Å². The molecule has 0 fully saturated rings. The average molecular weight is 317 g/mol. The molecule has 0 aromatic heterocycles. The van der Waals surface area contributed by atoms with Crippen molar-refractivity contribution in [3.63, 3.8) is 0 Å². The summed E-state index contributed by atoms with van der Waals surface area (Å²) in [4.78, 5) is 12.9. The van der Waals surface area contributed by atoms with Crippen LogP contribution in [0.25, 0.3) is 0 Å². The first-order chi connectivity index (χ1) is 8.02. The van der Waals surface area contributed by atoms with E-state index in [9.17, 15) is 4.79 Å². The number of thioether (sulfide) groups is 1. The van der Waals surface area contributed by atoms with E-state index in [0.29, 0.717) is 6.54 Å². The highest BCUT2D eigenvalue weighted by Gasteiger charge is 2.15. The highest BCUT2D eigenvalue weighted by molar-refractivity contribution is 9.10. The molecule has 17 heavy (non-hydrogen) atoms. The number of hydrogen-bond donors (Lipinski definition) is 2. The third kappa shape index (κ3) is 5.10. The van der Waals surface area contributed by atoms with Crippen LogP contribution in [0.2, 0.25) is 0 Å². The van der Waals surface area contributed by atoms with E-state index in [4.69, 9.17) is 5.73 Å². The molecule has 1 rings (SSSR count). The first kappa shape index (κ1) is 14.5. The molecule has 2 atom stereocenters. The van der Waals surface area contributed by atoms with Gasteiger partial charge in [0, 0.05) is 22.0 Å². The van der Waals surface area contributed by atoms with E-state index in [0.717, 1.165) is 9.37 Å². The van der Waals surface area contributed by atoms with Crippen LogP contribution in [0.5, 0.6) is 0 Å². The van der Waals surface area contributed by atoms with Gasteiger partial charge in [-0.15, -0.1) is 11.8 Å². The van der Waals surface area contributed by atoms with Gasteiger partial charge < -0.3 is 11.1 Å². The van der Waals surface area contributed by atoms with Crippen LogP contribution >= 0.6 is 27.7 Å². The number of nitrogens with one attached hydrogen (secondary N) is 1. The molecule has 0 bridgehead atoms. The molecule has 0 saturated heterocycles. The Balaban J connectivity index is 2.51. The van der Waals surface area contributed by atoms with Crippen LogP contribution in [-0.2, 0) is 4.79 Å².